The van der Waals surface area contributed by atoms with Gasteiger partial charge in [-0.3, -0.25) is 0 Å². The van der Waals surface area contributed by atoms with Gasteiger partial charge in [0, 0.05) is 28.3 Å². The number of fused-ring (bicyclic) bond motifs is 7. The quantitative estimate of drug-likeness (QED) is 0.160. The molecule has 0 amide bonds. The maximum atomic E-state index is 14.9. The Morgan fingerprint density at radius 2 is 0.852 bits per heavy atom. The lowest BCUT2D eigenvalue weighted by Crippen LogP contribution is -2.30. The molecular formula is C58H38FNO. The molecule has 288 valence electrons. The number of furan rings is 1. The van der Waals surface area contributed by atoms with Gasteiger partial charge in [-0.05, 0) is 86.0 Å². The lowest BCUT2D eigenvalue weighted by Gasteiger charge is -2.38. The fraction of sp³-hybridized carbons (Fsp3) is 0.0345. The Morgan fingerprint density at radius 3 is 1.48 bits per heavy atom. The fourth-order valence-corrected chi connectivity index (χ4v) is 10.9. The molecule has 61 heavy (non-hydrogen) atoms. The molecule has 0 saturated carbocycles. The van der Waals surface area contributed by atoms with Crippen molar-refractivity contribution in [2.75, 3.05) is 4.90 Å². The van der Waals surface area contributed by atoms with E-state index in [4.69, 9.17) is 4.42 Å². The van der Waals surface area contributed by atoms with Gasteiger partial charge in [0.05, 0.1) is 22.2 Å². The lowest BCUT2D eigenvalue weighted by atomic mass is 9.67. The van der Waals surface area contributed by atoms with Crippen LogP contribution in [0.4, 0.5) is 21.5 Å². The van der Waals surface area contributed by atoms with E-state index in [1.165, 1.54) is 67.3 Å². The first kappa shape index (κ1) is 35.2. The first-order valence-electron chi connectivity index (χ1n) is 20.9. The summed E-state index contributed by atoms with van der Waals surface area (Å²) in [7, 11) is 0. The van der Waals surface area contributed by atoms with E-state index < -0.39 is 16.8 Å². The van der Waals surface area contributed by atoms with Crippen molar-refractivity contribution in [2.24, 2.45) is 0 Å². The number of rotatable bonds is 7. The van der Waals surface area contributed by atoms with Crippen LogP contribution in [-0.2, 0) is 10.8 Å². The maximum absolute atomic E-state index is 14.9. The summed E-state index contributed by atoms with van der Waals surface area (Å²) >= 11 is 0. The number of benzene rings is 9. The van der Waals surface area contributed by atoms with Crippen molar-refractivity contribution in [1.82, 2.24) is 0 Å². The zero-order valence-corrected chi connectivity index (χ0v) is 33.2. The molecule has 1 heterocycles. The predicted molar refractivity (Wildman–Crippen MR) is 245 cm³/mol. The molecule has 3 heteroatoms. The number of hydrogen-bond donors (Lipinski definition) is 0. The van der Waals surface area contributed by atoms with E-state index in [0.29, 0.717) is 11.0 Å². The van der Waals surface area contributed by atoms with E-state index in [0.717, 1.165) is 22.6 Å². The van der Waals surface area contributed by atoms with E-state index in [1.54, 1.807) is 0 Å². The van der Waals surface area contributed by atoms with Crippen molar-refractivity contribution < 1.29 is 8.81 Å². The lowest BCUT2D eigenvalue weighted by molar-refractivity contribution is 0.381. The SMILES string of the molecule is Fc1cc2cc(N(c3cccc4c3-c3ccccc3C4(c3ccccc3)c3ccccc3)c3cccc4c3C(c3ccccc3)(c3ccccc3)c3ccccc3-4)ccc2o1. The first-order chi connectivity index (χ1) is 30.2. The van der Waals surface area contributed by atoms with Gasteiger partial charge < -0.3 is 9.32 Å². The molecule has 2 aliphatic carbocycles. The monoisotopic (exact) mass is 783 g/mol. The van der Waals surface area contributed by atoms with Crippen LogP contribution in [0.1, 0.15) is 44.5 Å². The third kappa shape index (κ3) is 4.95. The largest absolute Gasteiger partial charge is 0.431 e. The fourth-order valence-electron chi connectivity index (χ4n) is 10.9. The average molecular weight is 784 g/mol. The smallest absolute Gasteiger partial charge is 0.278 e. The predicted octanol–water partition coefficient (Wildman–Crippen LogP) is 14.8. The second kappa shape index (κ2) is 13.7. The summed E-state index contributed by atoms with van der Waals surface area (Å²) < 4.78 is 20.4. The molecule has 0 atom stereocenters. The molecule has 0 spiro atoms. The standard InChI is InChI=1S/C58H38FNO/c59-54-38-39-37-44(35-36-53(39)61-54)60(51-33-18-32-50-55(51)47-28-14-16-31-49(47)57(50,40-19-5-1-6-20-40)41-21-7-2-8-22-41)52-34-17-29-46-45-27-13-15-30-48(45)58(56(46)52,42-23-9-3-10-24-42)43-25-11-4-12-26-43/h1-38H. The van der Waals surface area contributed by atoms with Gasteiger partial charge in [-0.2, -0.15) is 4.39 Å². The minimum absolute atomic E-state index is 0.505. The second-order valence-corrected chi connectivity index (χ2v) is 16.1. The van der Waals surface area contributed by atoms with Crippen LogP contribution in [0.25, 0.3) is 33.2 Å². The summed E-state index contributed by atoms with van der Waals surface area (Å²) in [5.41, 5.74) is 16.5. The average Bonchev–Trinajstić information content (AvgIpc) is 3.97. The van der Waals surface area contributed by atoms with Gasteiger partial charge in [-0.15, -0.1) is 0 Å². The molecule has 2 nitrogen and oxygen atoms in total. The van der Waals surface area contributed by atoms with Crippen molar-refractivity contribution in [3.63, 3.8) is 0 Å². The Morgan fingerprint density at radius 1 is 0.377 bits per heavy atom. The molecule has 12 rings (SSSR count). The first-order valence-corrected chi connectivity index (χ1v) is 20.9. The van der Waals surface area contributed by atoms with Crippen LogP contribution in [0, 0.1) is 6.01 Å². The number of halogens is 1. The van der Waals surface area contributed by atoms with Crippen molar-refractivity contribution in [1.29, 1.82) is 0 Å². The van der Waals surface area contributed by atoms with E-state index >= 15 is 0 Å². The molecule has 0 radical (unpaired) electrons. The molecule has 10 aromatic rings. The van der Waals surface area contributed by atoms with Gasteiger partial charge >= 0.3 is 0 Å². The van der Waals surface area contributed by atoms with Crippen LogP contribution in [0.15, 0.2) is 235 Å². The highest BCUT2D eigenvalue weighted by Gasteiger charge is 2.50. The minimum atomic E-state index is -0.678. The van der Waals surface area contributed by atoms with E-state index in [2.05, 4.69) is 223 Å². The van der Waals surface area contributed by atoms with Crippen LogP contribution in [0.3, 0.4) is 0 Å². The minimum Gasteiger partial charge on any atom is -0.431 e. The third-order valence-corrected chi connectivity index (χ3v) is 13.1. The van der Waals surface area contributed by atoms with Crippen molar-refractivity contribution >= 4 is 28.0 Å². The Kier molecular flexibility index (Phi) is 7.88. The highest BCUT2D eigenvalue weighted by Crippen LogP contribution is 2.63. The molecule has 0 aliphatic heterocycles. The molecule has 0 saturated heterocycles. The van der Waals surface area contributed by atoms with E-state index in [-0.39, 0.29) is 0 Å². The Hall–Kier alpha value is -7.75. The van der Waals surface area contributed by atoms with Gasteiger partial charge in [0.15, 0.2) is 0 Å². The van der Waals surface area contributed by atoms with E-state index in [9.17, 15) is 4.39 Å². The molecule has 0 fully saturated rings. The molecule has 0 bridgehead atoms. The second-order valence-electron chi connectivity index (χ2n) is 16.1. The summed E-state index contributed by atoms with van der Waals surface area (Å²) in [6.45, 7) is 0. The number of hydrogen-bond acceptors (Lipinski definition) is 2. The Labute approximate surface area is 354 Å². The van der Waals surface area contributed by atoms with Crippen LogP contribution < -0.4 is 4.90 Å². The van der Waals surface area contributed by atoms with Crippen molar-refractivity contribution in [3.8, 4) is 22.3 Å². The van der Waals surface area contributed by atoms with Crippen molar-refractivity contribution in [2.45, 2.75) is 10.8 Å². The molecule has 2 aliphatic rings. The summed E-state index contributed by atoms with van der Waals surface area (Å²) in [6.07, 6.45) is 0. The van der Waals surface area contributed by atoms with Gasteiger partial charge in [0.25, 0.3) is 6.01 Å². The van der Waals surface area contributed by atoms with E-state index in [1.807, 2.05) is 6.07 Å². The Bertz CT molecular complexity index is 3180. The molecule has 9 aromatic carbocycles. The topological polar surface area (TPSA) is 16.4 Å². The van der Waals surface area contributed by atoms with Crippen LogP contribution in [-0.4, -0.2) is 0 Å². The summed E-state index contributed by atoms with van der Waals surface area (Å²) in [6, 6.07) is 81.9. The van der Waals surface area contributed by atoms with Crippen LogP contribution in [0.5, 0.6) is 0 Å². The summed E-state index contributed by atoms with van der Waals surface area (Å²) in [5, 5.41) is 0.698. The number of nitrogens with zero attached hydrogens (tertiary/aromatic N) is 1. The summed E-state index contributed by atoms with van der Waals surface area (Å²) in [5.74, 6) is 0. The highest BCUT2D eigenvalue weighted by atomic mass is 19.1. The zero-order chi connectivity index (χ0) is 40.5. The van der Waals surface area contributed by atoms with Gasteiger partial charge in [-0.25, -0.2) is 0 Å². The molecular weight excluding hydrogens is 746 g/mol. The third-order valence-electron chi connectivity index (χ3n) is 13.1. The summed E-state index contributed by atoms with van der Waals surface area (Å²) in [4.78, 5) is 2.43. The van der Waals surface area contributed by atoms with Gasteiger partial charge in [0.1, 0.15) is 5.58 Å². The van der Waals surface area contributed by atoms with Crippen molar-refractivity contribution in [3.05, 3.63) is 281 Å². The molecule has 0 unspecified atom stereocenters. The zero-order valence-electron chi connectivity index (χ0n) is 33.2. The van der Waals surface area contributed by atoms with Crippen LogP contribution >= 0.6 is 0 Å². The van der Waals surface area contributed by atoms with Gasteiger partial charge in [-0.1, -0.05) is 194 Å². The number of anilines is 3. The van der Waals surface area contributed by atoms with Gasteiger partial charge in [0.2, 0.25) is 0 Å². The normalized spacial score (nSPS) is 13.9. The Balaban J connectivity index is 1.23. The highest BCUT2D eigenvalue weighted by molar-refractivity contribution is 6.01. The maximum Gasteiger partial charge on any atom is 0.278 e. The molecule has 0 N–H and O–H groups in total. The molecule has 1 aromatic heterocycles. The van der Waals surface area contributed by atoms with Crippen LogP contribution in [0.2, 0.25) is 0 Å².